The zero-order valence-corrected chi connectivity index (χ0v) is 11.5. The van der Waals surface area contributed by atoms with E-state index >= 15 is 0 Å². The number of methoxy groups -OCH3 is 1. The van der Waals surface area contributed by atoms with Crippen molar-refractivity contribution in [2.75, 3.05) is 25.3 Å². The molecule has 1 saturated heterocycles. The van der Waals surface area contributed by atoms with Crippen LogP contribution in [0.2, 0.25) is 0 Å². The van der Waals surface area contributed by atoms with Crippen LogP contribution in [0.25, 0.3) is 0 Å². The highest BCUT2D eigenvalue weighted by atomic mass is 32.2. The molecule has 18 heavy (non-hydrogen) atoms. The molecule has 1 fully saturated rings. The van der Waals surface area contributed by atoms with E-state index in [1.807, 2.05) is 0 Å². The maximum atomic E-state index is 12.4. The predicted molar refractivity (Wildman–Crippen MR) is 69.0 cm³/mol. The first-order valence-corrected chi connectivity index (χ1v) is 7.92. The average Bonchev–Trinajstić information content (AvgIpc) is 2.92. The maximum absolute atomic E-state index is 12.4. The minimum atomic E-state index is -3.61. The van der Waals surface area contributed by atoms with Crippen LogP contribution < -0.4 is 0 Å². The monoisotopic (exact) mass is 287 g/mol. The van der Waals surface area contributed by atoms with E-state index in [9.17, 15) is 13.2 Å². The normalized spacial score (nSPS) is 16.7. The van der Waals surface area contributed by atoms with Gasteiger partial charge in [-0.2, -0.15) is 4.31 Å². The Morgan fingerprint density at radius 3 is 2.72 bits per heavy atom. The van der Waals surface area contributed by atoms with Crippen molar-refractivity contribution in [1.82, 2.24) is 4.31 Å². The zero-order chi connectivity index (χ0) is 13.2. The van der Waals surface area contributed by atoms with Crippen molar-refractivity contribution in [3.63, 3.8) is 0 Å². The third-order valence-electron chi connectivity index (χ3n) is 2.63. The van der Waals surface area contributed by atoms with E-state index in [1.54, 1.807) is 23.9 Å². The molecule has 1 aromatic carbocycles. The minimum absolute atomic E-state index is 0.0133. The van der Waals surface area contributed by atoms with E-state index in [0.29, 0.717) is 12.4 Å². The number of ether oxygens (including phenoxy) is 1. The van der Waals surface area contributed by atoms with E-state index in [4.69, 9.17) is 0 Å². The van der Waals surface area contributed by atoms with Crippen LogP contribution in [0.3, 0.4) is 0 Å². The summed E-state index contributed by atoms with van der Waals surface area (Å²) in [6.07, 6.45) is 0. The number of hydrogen-bond acceptors (Lipinski definition) is 5. The highest BCUT2D eigenvalue weighted by Gasteiger charge is 2.31. The molecule has 1 aliphatic rings. The molecule has 0 saturated carbocycles. The molecule has 1 aliphatic heterocycles. The summed E-state index contributed by atoms with van der Waals surface area (Å²) < 4.78 is 30.7. The van der Waals surface area contributed by atoms with Crippen molar-refractivity contribution < 1.29 is 17.9 Å². The molecule has 1 aromatic rings. The Bertz CT molecular complexity index is 550. The Balaban J connectivity index is 2.47. The molecule has 98 valence electrons. The van der Waals surface area contributed by atoms with Crippen molar-refractivity contribution >= 4 is 27.8 Å². The van der Waals surface area contributed by atoms with E-state index < -0.39 is 16.0 Å². The fraction of sp³-hybridized carbons (Fsp3) is 0.364. The first kappa shape index (κ1) is 13.4. The largest absolute Gasteiger partial charge is 0.465 e. The van der Waals surface area contributed by atoms with E-state index in [2.05, 4.69) is 4.74 Å². The van der Waals surface area contributed by atoms with Crippen LogP contribution in [0.15, 0.2) is 29.2 Å². The molecular formula is C11H13NO4S2. The third-order valence-corrected chi connectivity index (χ3v) is 5.66. The van der Waals surface area contributed by atoms with Crippen molar-refractivity contribution in [3.8, 4) is 0 Å². The van der Waals surface area contributed by atoms with Gasteiger partial charge in [-0.05, 0) is 12.1 Å². The second-order valence-electron chi connectivity index (χ2n) is 3.71. The topological polar surface area (TPSA) is 63.7 Å². The number of benzene rings is 1. The molecular weight excluding hydrogens is 274 g/mol. The number of esters is 1. The predicted octanol–water partition coefficient (Wildman–Crippen LogP) is 1.17. The van der Waals surface area contributed by atoms with Gasteiger partial charge < -0.3 is 4.74 Å². The summed E-state index contributed by atoms with van der Waals surface area (Å²) in [5.41, 5.74) is 0.0805. The smallest absolute Gasteiger partial charge is 0.339 e. The summed E-state index contributed by atoms with van der Waals surface area (Å²) in [6, 6.07) is 6.11. The Morgan fingerprint density at radius 1 is 1.39 bits per heavy atom. The lowest BCUT2D eigenvalue weighted by Crippen LogP contribution is -2.29. The van der Waals surface area contributed by atoms with Gasteiger partial charge in [-0.25, -0.2) is 13.2 Å². The molecule has 0 spiro atoms. The van der Waals surface area contributed by atoms with E-state index in [-0.39, 0.29) is 10.5 Å². The Hall–Kier alpha value is -1.05. The van der Waals surface area contributed by atoms with Gasteiger partial charge in [0.05, 0.1) is 23.4 Å². The van der Waals surface area contributed by atoms with Crippen molar-refractivity contribution in [2.24, 2.45) is 0 Å². The fourth-order valence-corrected chi connectivity index (χ4v) is 4.69. The van der Waals surface area contributed by atoms with Gasteiger partial charge in [0.25, 0.3) is 0 Å². The van der Waals surface area contributed by atoms with Crippen LogP contribution in [0.5, 0.6) is 0 Å². The lowest BCUT2D eigenvalue weighted by atomic mass is 10.2. The lowest BCUT2D eigenvalue weighted by Gasteiger charge is -2.16. The molecule has 5 nitrogen and oxygen atoms in total. The second-order valence-corrected chi connectivity index (χ2v) is 6.69. The summed E-state index contributed by atoms with van der Waals surface area (Å²) in [7, 11) is -2.38. The average molecular weight is 287 g/mol. The number of carbonyl (C=O) groups is 1. The Labute approximate surface area is 110 Å². The zero-order valence-electron chi connectivity index (χ0n) is 9.83. The highest BCUT2D eigenvalue weighted by Crippen LogP contribution is 2.25. The van der Waals surface area contributed by atoms with Crippen LogP contribution in [0.4, 0.5) is 0 Å². The van der Waals surface area contributed by atoms with E-state index in [0.717, 1.165) is 5.75 Å². The first-order chi connectivity index (χ1) is 8.57. The van der Waals surface area contributed by atoms with Gasteiger partial charge in [0.1, 0.15) is 0 Å². The standard InChI is InChI=1S/C11H13NO4S2/c1-16-11(13)9-4-2-3-5-10(9)18(14,15)12-6-7-17-8-12/h2-5H,6-8H2,1H3. The molecule has 0 atom stereocenters. The molecule has 0 N–H and O–H groups in total. The number of sulfonamides is 1. The lowest BCUT2D eigenvalue weighted by molar-refractivity contribution is 0.0596. The number of carbonyl (C=O) groups excluding carboxylic acids is 1. The quantitative estimate of drug-likeness (QED) is 0.781. The first-order valence-electron chi connectivity index (χ1n) is 5.32. The van der Waals surface area contributed by atoms with Gasteiger partial charge in [-0.15, -0.1) is 11.8 Å². The van der Waals surface area contributed by atoms with Gasteiger partial charge in [-0.1, -0.05) is 12.1 Å². The van der Waals surface area contributed by atoms with Crippen LogP contribution in [-0.2, 0) is 14.8 Å². The summed E-state index contributed by atoms with van der Waals surface area (Å²) >= 11 is 1.55. The highest BCUT2D eigenvalue weighted by molar-refractivity contribution is 8.00. The summed E-state index contributed by atoms with van der Waals surface area (Å²) in [5, 5.41) is 0. The summed E-state index contributed by atoms with van der Waals surface area (Å²) in [6.45, 7) is 0.475. The van der Waals surface area contributed by atoms with Gasteiger partial charge in [-0.3, -0.25) is 0 Å². The molecule has 0 amide bonds. The van der Waals surface area contributed by atoms with Gasteiger partial charge in [0.15, 0.2) is 0 Å². The maximum Gasteiger partial charge on any atom is 0.339 e. The third kappa shape index (κ3) is 2.38. The van der Waals surface area contributed by atoms with Gasteiger partial charge in [0.2, 0.25) is 10.0 Å². The Morgan fingerprint density at radius 2 is 2.11 bits per heavy atom. The van der Waals surface area contributed by atoms with Crippen molar-refractivity contribution in [2.45, 2.75) is 4.90 Å². The molecule has 0 unspecified atom stereocenters. The molecule has 7 heteroatoms. The molecule has 0 aliphatic carbocycles. The summed E-state index contributed by atoms with van der Waals surface area (Å²) in [5.74, 6) is 0.568. The van der Waals surface area contributed by atoms with E-state index in [1.165, 1.54) is 23.5 Å². The number of nitrogens with zero attached hydrogens (tertiary/aromatic N) is 1. The van der Waals surface area contributed by atoms with Crippen molar-refractivity contribution in [3.05, 3.63) is 29.8 Å². The minimum Gasteiger partial charge on any atom is -0.465 e. The second kappa shape index (κ2) is 5.29. The van der Waals surface area contributed by atoms with Crippen molar-refractivity contribution in [1.29, 1.82) is 0 Å². The van der Waals surface area contributed by atoms with Gasteiger partial charge >= 0.3 is 5.97 Å². The number of thioether (sulfide) groups is 1. The molecule has 0 aromatic heterocycles. The SMILES string of the molecule is COC(=O)c1ccccc1S(=O)(=O)N1CCSC1. The molecule has 2 rings (SSSR count). The number of rotatable bonds is 3. The Kier molecular flexibility index (Phi) is 3.94. The number of hydrogen-bond donors (Lipinski definition) is 0. The fourth-order valence-electron chi connectivity index (χ4n) is 1.70. The van der Waals surface area contributed by atoms with Crippen LogP contribution in [-0.4, -0.2) is 44.0 Å². The molecule has 1 heterocycles. The van der Waals surface area contributed by atoms with Crippen LogP contribution in [0, 0.1) is 0 Å². The van der Waals surface area contributed by atoms with Gasteiger partial charge in [0, 0.05) is 12.3 Å². The molecule has 0 radical (unpaired) electrons. The van der Waals surface area contributed by atoms with Crippen LogP contribution >= 0.6 is 11.8 Å². The van der Waals surface area contributed by atoms with Crippen LogP contribution in [0.1, 0.15) is 10.4 Å². The molecule has 0 bridgehead atoms. The summed E-state index contributed by atoms with van der Waals surface area (Å²) in [4.78, 5) is 11.6.